The summed E-state index contributed by atoms with van der Waals surface area (Å²) in [7, 11) is 0. The first-order valence-electron chi connectivity index (χ1n) is 8.69. The van der Waals surface area contributed by atoms with Crippen LogP contribution in [0.1, 0.15) is 43.3 Å². The Hall–Kier alpha value is -3.18. The number of fused-ring (bicyclic) bond motifs is 2. The highest BCUT2D eigenvalue weighted by Gasteiger charge is 2.24. The van der Waals surface area contributed by atoms with Crippen molar-refractivity contribution in [2.24, 2.45) is 9.98 Å². The Balaban J connectivity index is 1.52. The van der Waals surface area contributed by atoms with Crippen LogP contribution in [0, 0.1) is 0 Å². The summed E-state index contributed by atoms with van der Waals surface area (Å²) in [6, 6.07) is 18.8. The third-order valence-electron chi connectivity index (χ3n) is 4.75. The quantitative estimate of drug-likeness (QED) is 0.625. The van der Waals surface area contributed by atoms with E-state index in [1.165, 1.54) is 11.3 Å². The van der Waals surface area contributed by atoms with Gasteiger partial charge in [-0.05, 0) is 36.4 Å². The number of rotatable bonds is 2. The van der Waals surface area contributed by atoms with E-state index >= 15 is 0 Å². The van der Waals surface area contributed by atoms with Crippen molar-refractivity contribution in [3.63, 3.8) is 0 Å². The van der Waals surface area contributed by atoms with E-state index in [1.54, 1.807) is 0 Å². The Morgan fingerprint density at radius 3 is 1.56 bits per heavy atom. The van der Waals surface area contributed by atoms with E-state index in [0.29, 0.717) is 24.0 Å². The van der Waals surface area contributed by atoms with Crippen LogP contribution < -0.4 is 0 Å². The number of thiophene rings is 1. The molecule has 27 heavy (non-hydrogen) atoms. The normalized spacial score (nSPS) is 15.7. The summed E-state index contributed by atoms with van der Waals surface area (Å²) in [6.07, 6.45) is 0.594. The monoisotopic (exact) mass is 370 g/mol. The first-order chi connectivity index (χ1) is 13.2. The Morgan fingerprint density at radius 1 is 0.630 bits per heavy atom. The number of hydrogen-bond acceptors (Lipinski definition) is 5. The molecular formula is C22H14N2O2S. The van der Waals surface area contributed by atoms with E-state index in [4.69, 9.17) is 0 Å². The van der Waals surface area contributed by atoms with Crippen LogP contribution in [0.3, 0.4) is 0 Å². The van der Waals surface area contributed by atoms with Gasteiger partial charge in [0.2, 0.25) is 0 Å². The van der Waals surface area contributed by atoms with E-state index < -0.39 is 0 Å². The molecule has 0 bridgehead atoms. The van der Waals surface area contributed by atoms with Gasteiger partial charge in [0.15, 0.2) is 11.6 Å². The fourth-order valence-electron chi connectivity index (χ4n) is 3.41. The molecule has 2 aliphatic heterocycles. The van der Waals surface area contributed by atoms with Gasteiger partial charge >= 0.3 is 0 Å². The number of ketones is 2. The van der Waals surface area contributed by atoms with Crippen LogP contribution in [0.5, 0.6) is 0 Å². The van der Waals surface area contributed by atoms with Gasteiger partial charge in [-0.2, -0.15) is 0 Å². The predicted octanol–water partition coefficient (Wildman–Crippen LogP) is 5.16. The second kappa shape index (κ2) is 6.21. The van der Waals surface area contributed by atoms with Gasteiger partial charge in [0, 0.05) is 20.9 Å². The number of benzene rings is 2. The predicted molar refractivity (Wildman–Crippen MR) is 107 cm³/mol. The lowest BCUT2D eigenvalue weighted by Gasteiger charge is -2.14. The molecule has 0 aliphatic carbocycles. The number of para-hydroxylation sites is 2. The third kappa shape index (κ3) is 2.76. The maximum atomic E-state index is 12.4. The van der Waals surface area contributed by atoms with Crippen LogP contribution in [-0.4, -0.2) is 23.0 Å². The molecule has 0 fully saturated rings. The van der Waals surface area contributed by atoms with E-state index in [2.05, 4.69) is 9.98 Å². The molecule has 130 valence electrons. The van der Waals surface area contributed by atoms with Crippen molar-refractivity contribution >= 4 is 45.7 Å². The number of carbonyl (C=O) groups excluding carboxylic acids is 2. The highest BCUT2D eigenvalue weighted by Crippen LogP contribution is 2.32. The molecule has 0 spiro atoms. The molecule has 0 saturated heterocycles. The van der Waals surface area contributed by atoms with Gasteiger partial charge in [0.05, 0.1) is 35.6 Å². The molecule has 2 aliphatic rings. The topological polar surface area (TPSA) is 58.9 Å². The minimum atomic E-state index is 0.0877. The zero-order valence-corrected chi connectivity index (χ0v) is 15.1. The van der Waals surface area contributed by atoms with Crippen molar-refractivity contribution in [3.05, 3.63) is 81.5 Å². The lowest BCUT2D eigenvalue weighted by Crippen LogP contribution is -2.14. The van der Waals surface area contributed by atoms with Gasteiger partial charge in [-0.25, -0.2) is 0 Å². The fraction of sp³-hybridized carbons (Fsp3) is 0.0909. The lowest BCUT2D eigenvalue weighted by atomic mass is 9.99. The molecule has 0 radical (unpaired) electrons. The van der Waals surface area contributed by atoms with Gasteiger partial charge in [-0.3, -0.25) is 19.6 Å². The van der Waals surface area contributed by atoms with Crippen molar-refractivity contribution < 1.29 is 9.59 Å². The Bertz CT molecular complexity index is 1080. The molecule has 0 amide bonds. The lowest BCUT2D eigenvalue weighted by molar-refractivity contribution is 0.0991. The summed E-state index contributed by atoms with van der Waals surface area (Å²) in [4.78, 5) is 36.1. The van der Waals surface area contributed by atoms with Crippen molar-refractivity contribution in [1.82, 2.24) is 0 Å². The Labute approximate surface area is 159 Å². The molecule has 0 saturated carbocycles. The second-order valence-electron chi connectivity index (χ2n) is 6.52. The van der Waals surface area contributed by atoms with E-state index in [1.807, 2.05) is 60.7 Å². The molecule has 3 aromatic rings. The van der Waals surface area contributed by atoms with Crippen molar-refractivity contribution in [3.8, 4) is 0 Å². The number of carbonyl (C=O) groups is 2. The summed E-state index contributed by atoms with van der Waals surface area (Å²) >= 11 is 1.53. The van der Waals surface area contributed by atoms with E-state index in [0.717, 1.165) is 32.6 Å². The summed E-state index contributed by atoms with van der Waals surface area (Å²) in [6.45, 7) is 0. The minimum absolute atomic E-state index is 0.0877. The molecule has 4 nitrogen and oxygen atoms in total. The summed E-state index contributed by atoms with van der Waals surface area (Å²) in [5.74, 6) is 0.175. The van der Waals surface area contributed by atoms with Crippen LogP contribution in [-0.2, 0) is 0 Å². The molecule has 0 N–H and O–H groups in total. The molecule has 2 aromatic carbocycles. The van der Waals surface area contributed by atoms with Crippen molar-refractivity contribution in [2.75, 3.05) is 0 Å². The standard InChI is InChI=1S/C22H14N2O2S/c25-19-11-17(23-15-7-3-1-5-13(15)19)21-9-10-22(27-21)18-12-20(26)14-6-2-4-8-16(14)24-18/h1-10H,11-12H2. The summed E-state index contributed by atoms with van der Waals surface area (Å²) in [5.41, 5.74) is 4.35. The molecule has 3 heterocycles. The van der Waals surface area contributed by atoms with Crippen LogP contribution in [0.2, 0.25) is 0 Å². The van der Waals surface area contributed by atoms with Gasteiger partial charge in [-0.15, -0.1) is 11.3 Å². The molecular weight excluding hydrogens is 356 g/mol. The Kier molecular flexibility index (Phi) is 3.69. The molecule has 0 unspecified atom stereocenters. The van der Waals surface area contributed by atoms with Crippen LogP contribution in [0.25, 0.3) is 0 Å². The highest BCUT2D eigenvalue weighted by molar-refractivity contribution is 7.16. The third-order valence-corrected chi connectivity index (χ3v) is 5.93. The maximum Gasteiger partial charge on any atom is 0.171 e. The Morgan fingerprint density at radius 2 is 1.07 bits per heavy atom. The average Bonchev–Trinajstić information content (AvgIpc) is 3.18. The summed E-state index contributed by atoms with van der Waals surface area (Å²) < 4.78 is 0. The SMILES string of the molecule is O=C1CC(c2ccc(C3=Nc4ccccc4C(=O)C3)s2)=Nc2ccccc21. The van der Waals surface area contributed by atoms with E-state index in [9.17, 15) is 9.59 Å². The highest BCUT2D eigenvalue weighted by atomic mass is 32.1. The molecule has 0 atom stereocenters. The minimum Gasteiger partial charge on any atom is -0.294 e. The van der Waals surface area contributed by atoms with Gasteiger partial charge < -0.3 is 0 Å². The maximum absolute atomic E-state index is 12.4. The number of hydrogen-bond donors (Lipinski definition) is 0. The zero-order chi connectivity index (χ0) is 18.4. The summed E-state index contributed by atoms with van der Waals surface area (Å²) in [5, 5.41) is 0. The molecule has 5 heteroatoms. The second-order valence-corrected chi connectivity index (χ2v) is 7.60. The number of Topliss-reactive ketones (excluding diaryl/α,β-unsaturated/α-hetero) is 2. The van der Waals surface area contributed by atoms with Crippen molar-refractivity contribution in [2.45, 2.75) is 12.8 Å². The first-order valence-corrected chi connectivity index (χ1v) is 9.51. The first kappa shape index (κ1) is 16.0. The van der Waals surface area contributed by atoms with Crippen molar-refractivity contribution in [1.29, 1.82) is 0 Å². The zero-order valence-electron chi connectivity index (χ0n) is 14.3. The van der Waals surface area contributed by atoms with Gasteiger partial charge in [0.25, 0.3) is 0 Å². The van der Waals surface area contributed by atoms with Gasteiger partial charge in [-0.1, -0.05) is 24.3 Å². The molecule has 1 aromatic heterocycles. The average molecular weight is 370 g/mol. The van der Waals surface area contributed by atoms with E-state index in [-0.39, 0.29) is 11.6 Å². The smallest absolute Gasteiger partial charge is 0.171 e. The fourth-order valence-corrected chi connectivity index (χ4v) is 4.39. The number of nitrogens with zero attached hydrogens (tertiary/aromatic N) is 2. The largest absolute Gasteiger partial charge is 0.294 e. The molecule has 5 rings (SSSR count). The van der Waals surface area contributed by atoms with Crippen LogP contribution in [0.15, 0.2) is 70.6 Å². The van der Waals surface area contributed by atoms with Crippen LogP contribution >= 0.6 is 11.3 Å². The number of aliphatic imine (C=N–C) groups is 2. The van der Waals surface area contributed by atoms with Gasteiger partial charge in [0.1, 0.15) is 0 Å². The van der Waals surface area contributed by atoms with Crippen LogP contribution in [0.4, 0.5) is 11.4 Å².